The second-order valence-corrected chi connectivity index (χ2v) is 4.75. The molecule has 1 aromatic rings. The molecule has 0 saturated heterocycles. The number of hydrogen-bond acceptors (Lipinski definition) is 3. The van der Waals surface area contributed by atoms with Crippen LogP contribution in [0.1, 0.15) is 28.8 Å². The van der Waals surface area contributed by atoms with Gasteiger partial charge in [0.2, 0.25) is 0 Å². The molecular weight excluding hydrogens is 214 g/mol. The molecule has 0 aliphatic carbocycles. The lowest BCUT2D eigenvalue weighted by molar-refractivity contribution is 0.0977. The van der Waals surface area contributed by atoms with Crippen molar-refractivity contribution in [1.82, 2.24) is 4.90 Å². The Morgan fingerprint density at radius 1 is 1.41 bits per heavy atom. The van der Waals surface area contributed by atoms with Gasteiger partial charge in [0, 0.05) is 18.4 Å². The second kappa shape index (κ2) is 5.32. The summed E-state index contributed by atoms with van der Waals surface area (Å²) < 4.78 is 5.43. The van der Waals surface area contributed by atoms with Crippen LogP contribution in [0.15, 0.2) is 18.2 Å². The summed E-state index contributed by atoms with van der Waals surface area (Å²) in [4.78, 5) is 14.1. The topological polar surface area (TPSA) is 29.5 Å². The van der Waals surface area contributed by atoms with E-state index in [1.807, 2.05) is 32.3 Å². The van der Waals surface area contributed by atoms with E-state index in [0.29, 0.717) is 6.42 Å². The Morgan fingerprint density at radius 3 is 3.00 bits per heavy atom. The molecule has 0 N–H and O–H groups in total. The first-order valence-corrected chi connectivity index (χ1v) is 6.10. The standard InChI is InChI=1S/C14H19NO2/c1-15(2)8-3-4-13(16)11-5-6-14-12(10-11)7-9-17-14/h5-6,10H,3-4,7-9H2,1-2H3. The monoisotopic (exact) mass is 233 g/mol. The predicted molar refractivity (Wildman–Crippen MR) is 67.8 cm³/mol. The Kier molecular flexibility index (Phi) is 3.79. The van der Waals surface area contributed by atoms with Gasteiger partial charge < -0.3 is 9.64 Å². The Labute approximate surface area is 102 Å². The Hall–Kier alpha value is -1.35. The number of nitrogens with zero attached hydrogens (tertiary/aromatic N) is 1. The molecule has 0 unspecified atom stereocenters. The second-order valence-electron chi connectivity index (χ2n) is 4.75. The van der Waals surface area contributed by atoms with E-state index in [2.05, 4.69) is 4.90 Å². The minimum absolute atomic E-state index is 0.238. The summed E-state index contributed by atoms with van der Waals surface area (Å²) in [6.45, 7) is 1.70. The van der Waals surface area contributed by atoms with Gasteiger partial charge in [0.25, 0.3) is 0 Å². The summed E-state index contributed by atoms with van der Waals surface area (Å²) in [6, 6.07) is 5.78. The molecule has 0 atom stereocenters. The molecule has 1 aromatic carbocycles. The van der Waals surface area contributed by atoms with E-state index in [1.54, 1.807) is 0 Å². The van der Waals surface area contributed by atoms with Gasteiger partial charge in [-0.05, 0) is 50.8 Å². The van der Waals surface area contributed by atoms with E-state index in [0.717, 1.165) is 37.3 Å². The van der Waals surface area contributed by atoms with Gasteiger partial charge in [0.15, 0.2) is 5.78 Å². The van der Waals surface area contributed by atoms with Gasteiger partial charge in [0.05, 0.1) is 6.61 Å². The molecule has 17 heavy (non-hydrogen) atoms. The third-order valence-corrected chi connectivity index (χ3v) is 3.02. The highest BCUT2D eigenvalue weighted by atomic mass is 16.5. The number of benzene rings is 1. The van der Waals surface area contributed by atoms with Crippen LogP contribution in [-0.4, -0.2) is 37.9 Å². The largest absolute Gasteiger partial charge is 0.493 e. The molecule has 0 fully saturated rings. The van der Waals surface area contributed by atoms with Gasteiger partial charge in [-0.1, -0.05) is 0 Å². The number of rotatable bonds is 5. The van der Waals surface area contributed by atoms with Crippen molar-refractivity contribution in [3.63, 3.8) is 0 Å². The van der Waals surface area contributed by atoms with Gasteiger partial charge >= 0.3 is 0 Å². The predicted octanol–water partition coefficient (Wildman–Crippen LogP) is 2.15. The minimum atomic E-state index is 0.238. The van der Waals surface area contributed by atoms with Crippen molar-refractivity contribution in [2.75, 3.05) is 27.2 Å². The van der Waals surface area contributed by atoms with Crippen LogP contribution in [0.5, 0.6) is 5.75 Å². The summed E-state index contributed by atoms with van der Waals surface area (Å²) in [5.74, 6) is 1.18. The van der Waals surface area contributed by atoms with Gasteiger partial charge in [-0.2, -0.15) is 0 Å². The number of ketones is 1. The molecule has 1 heterocycles. The molecule has 0 amide bonds. The van der Waals surface area contributed by atoms with E-state index in [9.17, 15) is 4.79 Å². The highest BCUT2D eigenvalue weighted by Gasteiger charge is 2.14. The minimum Gasteiger partial charge on any atom is -0.493 e. The zero-order valence-corrected chi connectivity index (χ0v) is 10.5. The van der Waals surface area contributed by atoms with Crippen LogP contribution in [0.4, 0.5) is 0 Å². The van der Waals surface area contributed by atoms with Crippen molar-refractivity contribution in [3.8, 4) is 5.75 Å². The van der Waals surface area contributed by atoms with Crippen LogP contribution in [0.3, 0.4) is 0 Å². The van der Waals surface area contributed by atoms with Crippen molar-refractivity contribution in [3.05, 3.63) is 29.3 Å². The molecule has 0 bridgehead atoms. The molecule has 92 valence electrons. The first-order chi connectivity index (χ1) is 8.16. The maximum absolute atomic E-state index is 12.0. The first-order valence-electron chi connectivity index (χ1n) is 6.10. The van der Waals surface area contributed by atoms with Crippen molar-refractivity contribution < 1.29 is 9.53 Å². The van der Waals surface area contributed by atoms with Gasteiger partial charge in [-0.3, -0.25) is 4.79 Å². The van der Waals surface area contributed by atoms with Crippen molar-refractivity contribution in [2.24, 2.45) is 0 Å². The average Bonchev–Trinajstić information content (AvgIpc) is 2.75. The molecule has 0 saturated carbocycles. The third-order valence-electron chi connectivity index (χ3n) is 3.02. The van der Waals surface area contributed by atoms with Crippen LogP contribution in [-0.2, 0) is 6.42 Å². The molecule has 1 aliphatic rings. The van der Waals surface area contributed by atoms with Crippen LogP contribution in [0.2, 0.25) is 0 Å². The van der Waals surface area contributed by atoms with Crippen molar-refractivity contribution >= 4 is 5.78 Å². The Bertz CT molecular complexity index is 413. The van der Waals surface area contributed by atoms with Crippen LogP contribution < -0.4 is 4.74 Å². The fraction of sp³-hybridized carbons (Fsp3) is 0.500. The number of fused-ring (bicyclic) bond motifs is 1. The van der Waals surface area contributed by atoms with E-state index >= 15 is 0 Å². The quantitative estimate of drug-likeness (QED) is 0.730. The molecule has 3 heteroatoms. The van der Waals surface area contributed by atoms with E-state index in [-0.39, 0.29) is 5.78 Å². The highest BCUT2D eigenvalue weighted by Crippen LogP contribution is 2.26. The maximum atomic E-state index is 12.0. The summed E-state index contributed by atoms with van der Waals surface area (Å²) in [6.07, 6.45) is 2.46. The van der Waals surface area contributed by atoms with Gasteiger partial charge in [-0.25, -0.2) is 0 Å². The molecule has 0 spiro atoms. The average molecular weight is 233 g/mol. The number of carbonyl (C=O) groups is 1. The maximum Gasteiger partial charge on any atom is 0.162 e. The molecule has 2 rings (SSSR count). The van der Waals surface area contributed by atoms with Crippen LogP contribution in [0.25, 0.3) is 0 Å². The lowest BCUT2D eigenvalue weighted by atomic mass is 10.0. The highest BCUT2D eigenvalue weighted by molar-refractivity contribution is 5.96. The fourth-order valence-corrected chi connectivity index (χ4v) is 2.06. The summed E-state index contributed by atoms with van der Waals surface area (Å²) in [5.41, 5.74) is 2.00. The van der Waals surface area contributed by atoms with Crippen LogP contribution in [0, 0.1) is 0 Å². The molecule has 1 aliphatic heterocycles. The summed E-state index contributed by atoms with van der Waals surface area (Å²) >= 11 is 0. The normalized spacial score (nSPS) is 13.6. The Morgan fingerprint density at radius 2 is 2.24 bits per heavy atom. The number of Topliss-reactive ketones (excluding diaryl/α,β-unsaturated/α-hetero) is 1. The molecule has 0 radical (unpaired) electrons. The molecule has 3 nitrogen and oxygen atoms in total. The number of ether oxygens (including phenoxy) is 1. The third kappa shape index (κ3) is 3.07. The van der Waals surface area contributed by atoms with Crippen molar-refractivity contribution in [1.29, 1.82) is 0 Å². The number of carbonyl (C=O) groups excluding carboxylic acids is 1. The Balaban J connectivity index is 1.95. The smallest absolute Gasteiger partial charge is 0.162 e. The summed E-state index contributed by atoms with van der Waals surface area (Å²) in [5, 5.41) is 0. The molecule has 0 aromatic heterocycles. The number of hydrogen-bond donors (Lipinski definition) is 0. The van der Waals surface area contributed by atoms with E-state index < -0.39 is 0 Å². The van der Waals surface area contributed by atoms with Crippen molar-refractivity contribution in [2.45, 2.75) is 19.3 Å². The van der Waals surface area contributed by atoms with Crippen LogP contribution >= 0.6 is 0 Å². The molecular formula is C14H19NO2. The summed E-state index contributed by atoms with van der Waals surface area (Å²) in [7, 11) is 4.05. The lowest BCUT2D eigenvalue weighted by Gasteiger charge is -2.08. The van der Waals surface area contributed by atoms with E-state index in [1.165, 1.54) is 5.56 Å². The SMILES string of the molecule is CN(C)CCCC(=O)c1ccc2c(c1)CCO2. The van der Waals surface area contributed by atoms with Gasteiger partial charge in [-0.15, -0.1) is 0 Å². The first kappa shape index (κ1) is 12.1. The van der Waals surface area contributed by atoms with E-state index in [4.69, 9.17) is 4.74 Å². The van der Waals surface area contributed by atoms with Gasteiger partial charge in [0.1, 0.15) is 5.75 Å². The fourth-order valence-electron chi connectivity index (χ4n) is 2.06. The lowest BCUT2D eigenvalue weighted by Crippen LogP contribution is -2.14. The zero-order valence-electron chi connectivity index (χ0n) is 10.5. The zero-order chi connectivity index (χ0) is 12.3.